The number of hydrogen-bond acceptors (Lipinski definition) is 2. The second-order valence-electron chi connectivity index (χ2n) is 4.30. The molecular formula is C12H16FNO. The normalized spacial score (nSPS) is 31.5. The van der Waals surface area contributed by atoms with Gasteiger partial charge >= 0.3 is 0 Å². The Bertz CT molecular complexity index is 355. The second kappa shape index (κ2) is 3.91. The van der Waals surface area contributed by atoms with Crippen molar-refractivity contribution in [3.05, 3.63) is 35.6 Å². The molecule has 82 valence electrons. The summed E-state index contributed by atoms with van der Waals surface area (Å²) >= 11 is 0. The van der Waals surface area contributed by atoms with Gasteiger partial charge in [0.1, 0.15) is 5.82 Å². The summed E-state index contributed by atoms with van der Waals surface area (Å²) in [5.74, 6) is -0.256. The fraction of sp³-hybridized carbons (Fsp3) is 0.500. The van der Waals surface area contributed by atoms with Gasteiger partial charge in [-0.15, -0.1) is 0 Å². The Labute approximate surface area is 89.1 Å². The Hall–Kier alpha value is -0.930. The molecule has 3 heteroatoms. The molecule has 2 atom stereocenters. The molecule has 1 heterocycles. The smallest absolute Gasteiger partial charge is 0.123 e. The van der Waals surface area contributed by atoms with E-state index in [0.717, 1.165) is 24.9 Å². The van der Waals surface area contributed by atoms with Crippen LogP contribution in [0.2, 0.25) is 0 Å². The zero-order valence-corrected chi connectivity index (χ0v) is 8.83. The number of benzene rings is 1. The first-order chi connectivity index (χ1) is 7.13. The van der Waals surface area contributed by atoms with Crippen LogP contribution >= 0.6 is 0 Å². The average Bonchev–Trinajstić information content (AvgIpc) is 2.23. The minimum Gasteiger partial charge on any atom is -0.391 e. The lowest BCUT2D eigenvalue weighted by molar-refractivity contribution is 0.0383. The number of halogens is 1. The van der Waals surface area contributed by atoms with E-state index in [1.807, 2.05) is 13.0 Å². The molecule has 0 radical (unpaired) electrons. The monoisotopic (exact) mass is 209 g/mol. The number of rotatable bonds is 1. The van der Waals surface area contributed by atoms with Crippen LogP contribution in [0.5, 0.6) is 0 Å². The van der Waals surface area contributed by atoms with Gasteiger partial charge in [-0.2, -0.15) is 0 Å². The van der Waals surface area contributed by atoms with Gasteiger partial charge in [-0.1, -0.05) is 12.1 Å². The minimum absolute atomic E-state index is 0.256. The molecule has 1 fully saturated rings. The van der Waals surface area contributed by atoms with Gasteiger partial charge in [-0.05, 0) is 44.0 Å². The molecule has 0 spiro atoms. The van der Waals surface area contributed by atoms with Crippen LogP contribution in [-0.2, 0) is 5.54 Å². The lowest BCUT2D eigenvalue weighted by Crippen LogP contribution is -2.53. The summed E-state index contributed by atoms with van der Waals surface area (Å²) in [4.78, 5) is 0. The molecule has 2 rings (SSSR count). The average molecular weight is 209 g/mol. The SMILES string of the molecule is CC1(c2cccc(F)c2)NCCCC1O. The number of piperidine rings is 1. The van der Waals surface area contributed by atoms with Crippen LogP contribution < -0.4 is 5.32 Å². The van der Waals surface area contributed by atoms with Gasteiger partial charge in [-0.25, -0.2) is 4.39 Å². The van der Waals surface area contributed by atoms with Crippen molar-refractivity contribution in [2.75, 3.05) is 6.54 Å². The van der Waals surface area contributed by atoms with Crippen molar-refractivity contribution in [3.63, 3.8) is 0 Å². The van der Waals surface area contributed by atoms with Crippen molar-refractivity contribution < 1.29 is 9.50 Å². The summed E-state index contributed by atoms with van der Waals surface area (Å²) in [6, 6.07) is 6.44. The van der Waals surface area contributed by atoms with E-state index in [2.05, 4.69) is 5.32 Å². The van der Waals surface area contributed by atoms with Crippen LogP contribution in [0.1, 0.15) is 25.3 Å². The quantitative estimate of drug-likeness (QED) is 0.739. The molecule has 1 aliphatic rings. The van der Waals surface area contributed by atoms with Crippen LogP contribution in [0.15, 0.2) is 24.3 Å². The Morgan fingerprint density at radius 1 is 1.53 bits per heavy atom. The van der Waals surface area contributed by atoms with Gasteiger partial charge in [-0.3, -0.25) is 0 Å². The number of nitrogens with one attached hydrogen (secondary N) is 1. The van der Waals surface area contributed by atoms with E-state index in [1.54, 1.807) is 6.07 Å². The van der Waals surface area contributed by atoms with E-state index in [1.165, 1.54) is 12.1 Å². The molecule has 15 heavy (non-hydrogen) atoms. The molecule has 0 amide bonds. The molecule has 2 unspecified atom stereocenters. The van der Waals surface area contributed by atoms with Crippen molar-refractivity contribution in [1.82, 2.24) is 5.32 Å². The highest BCUT2D eigenvalue weighted by Gasteiger charge is 2.36. The van der Waals surface area contributed by atoms with Gasteiger partial charge in [0.15, 0.2) is 0 Å². The Morgan fingerprint density at radius 3 is 3.00 bits per heavy atom. The fourth-order valence-electron chi connectivity index (χ4n) is 2.16. The van der Waals surface area contributed by atoms with Crippen LogP contribution in [0.3, 0.4) is 0 Å². The number of aliphatic hydroxyl groups is 1. The van der Waals surface area contributed by atoms with E-state index < -0.39 is 11.6 Å². The summed E-state index contributed by atoms with van der Waals surface area (Å²) in [7, 11) is 0. The van der Waals surface area contributed by atoms with Gasteiger partial charge in [0.25, 0.3) is 0 Å². The van der Waals surface area contributed by atoms with Crippen LogP contribution in [0, 0.1) is 5.82 Å². The van der Waals surface area contributed by atoms with Crippen molar-refractivity contribution in [2.24, 2.45) is 0 Å². The Kier molecular flexibility index (Phi) is 2.76. The highest BCUT2D eigenvalue weighted by atomic mass is 19.1. The molecule has 1 aromatic rings. The number of aliphatic hydroxyl groups excluding tert-OH is 1. The van der Waals surface area contributed by atoms with Crippen molar-refractivity contribution in [1.29, 1.82) is 0 Å². The maximum Gasteiger partial charge on any atom is 0.123 e. The van der Waals surface area contributed by atoms with Crippen LogP contribution in [-0.4, -0.2) is 17.8 Å². The predicted octanol–water partition coefficient (Wildman–Crippen LogP) is 1.79. The van der Waals surface area contributed by atoms with Gasteiger partial charge in [0.2, 0.25) is 0 Å². The van der Waals surface area contributed by atoms with E-state index in [9.17, 15) is 9.50 Å². The first-order valence-electron chi connectivity index (χ1n) is 5.32. The maximum absolute atomic E-state index is 13.1. The highest BCUT2D eigenvalue weighted by molar-refractivity contribution is 5.26. The third-order valence-electron chi connectivity index (χ3n) is 3.24. The van der Waals surface area contributed by atoms with Gasteiger partial charge < -0.3 is 10.4 Å². The third kappa shape index (κ3) is 1.90. The van der Waals surface area contributed by atoms with E-state index >= 15 is 0 Å². The maximum atomic E-state index is 13.1. The largest absolute Gasteiger partial charge is 0.391 e. The molecule has 0 saturated carbocycles. The summed E-state index contributed by atoms with van der Waals surface area (Å²) < 4.78 is 13.1. The van der Waals surface area contributed by atoms with Crippen molar-refractivity contribution in [2.45, 2.75) is 31.4 Å². The van der Waals surface area contributed by atoms with E-state index in [-0.39, 0.29) is 5.82 Å². The zero-order chi connectivity index (χ0) is 10.9. The lowest BCUT2D eigenvalue weighted by Gasteiger charge is -2.40. The highest BCUT2D eigenvalue weighted by Crippen LogP contribution is 2.30. The molecule has 0 bridgehead atoms. The van der Waals surface area contributed by atoms with Crippen LogP contribution in [0.4, 0.5) is 4.39 Å². The predicted molar refractivity (Wildman–Crippen MR) is 57.0 cm³/mol. The first-order valence-corrected chi connectivity index (χ1v) is 5.32. The van der Waals surface area contributed by atoms with Gasteiger partial charge in [0.05, 0.1) is 11.6 Å². The Balaban J connectivity index is 2.34. The molecule has 1 aromatic carbocycles. The number of hydrogen-bond donors (Lipinski definition) is 2. The molecule has 2 nitrogen and oxygen atoms in total. The second-order valence-corrected chi connectivity index (χ2v) is 4.30. The summed E-state index contributed by atoms with van der Waals surface area (Å²) in [5, 5.41) is 13.3. The van der Waals surface area contributed by atoms with Crippen molar-refractivity contribution >= 4 is 0 Å². The van der Waals surface area contributed by atoms with Crippen molar-refractivity contribution in [3.8, 4) is 0 Å². The van der Waals surface area contributed by atoms with E-state index in [4.69, 9.17) is 0 Å². The topological polar surface area (TPSA) is 32.3 Å². The van der Waals surface area contributed by atoms with Gasteiger partial charge in [0, 0.05) is 0 Å². The standard InChI is InChI=1S/C12H16FNO/c1-12(11(15)6-3-7-14-12)9-4-2-5-10(13)8-9/h2,4-5,8,11,14-15H,3,6-7H2,1H3. The summed E-state index contributed by atoms with van der Waals surface area (Å²) in [6.07, 6.45) is 1.28. The molecule has 2 N–H and O–H groups in total. The summed E-state index contributed by atoms with van der Waals surface area (Å²) in [6.45, 7) is 2.79. The molecule has 0 aromatic heterocycles. The third-order valence-corrected chi connectivity index (χ3v) is 3.24. The van der Waals surface area contributed by atoms with Crippen LogP contribution in [0.25, 0.3) is 0 Å². The minimum atomic E-state index is -0.514. The molecule has 0 aliphatic carbocycles. The summed E-state index contributed by atoms with van der Waals surface area (Å²) in [5.41, 5.74) is 0.301. The lowest BCUT2D eigenvalue weighted by atomic mass is 9.81. The molecular weight excluding hydrogens is 193 g/mol. The first kappa shape index (κ1) is 10.6. The molecule has 1 saturated heterocycles. The van der Waals surface area contributed by atoms with E-state index in [0.29, 0.717) is 0 Å². The zero-order valence-electron chi connectivity index (χ0n) is 8.83. The molecule has 1 aliphatic heterocycles. The fourth-order valence-corrected chi connectivity index (χ4v) is 2.16. The Morgan fingerprint density at radius 2 is 2.33 bits per heavy atom.